The Labute approximate surface area is 82.6 Å². The topological polar surface area (TPSA) is 50.2 Å². The molecule has 3 nitrogen and oxygen atoms in total. The van der Waals surface area contributed by atoms with Crippen LogP contribution in [-0.2, 0) is 10.2 Å². The smallest absolute Gasteiger partial charge is 0.320 e. The lowest BCUT2D eigenvalue weighted by Gasteiger charge is -2.11. The van der Waals surface area contributed by atoms with Gasteiger partial charge >= 0.3 is 5.97 Å². The molecule has 0 aliphatic heterocycles. The Balaban J connectivity index is 2.55. The van der Waals surface area contributed by atoms with Gasteiger partial charge in [0.2, 0.25) is 5.95 Å². The van der Waals surface area contributed by atoms with Crippen molar-refractivity contribution in [3.63, 3.8) is 0 Å². The van der Waals surface area contributed by atoms with Crippen LogP contribution in [0.2, 0.25) is 0 Å². The summed E-state index contributed by atoms with van der Waals surface area (Å²) in [7, 11) is 0. The van der Waals surface area contributed by atoms with Crippen LogP contribution in [0.3, 0.4) is 0 Å². The predicted molar refractivity (Wildman–Crippen MR) is 43.1 cm³/mol. The van der Waals surface area contributed by atoms with E-state index in [2.05, 4.69) is 4.98 Å². The molecule has 1 N–H and O–H groups in total. The first-order chi connectivity index (χ1) is 6.92. The molecule has 1 aromatic rings. The molecule has 1 unspecified atom stereocenters. The molecule has 0 amide bonds. The summed E-state index contributed by atoms with van der Waals surface area (Å²) < 4.78 is 39.1. The standard InChI is InChI=1S/C9H6F3NO2/c10-6-5(2-1-3-13-6)8(7(14)15)4-9(8,11)12/h1-3H,4H2,(H,14,15). The summed E-state index contributed by atoms with van der Waals surface area (Å²) in [6, 6.07) is 2.26. The number of carboxylic acid groups (broad SMARTS) is 1. The first-order valence-electron chi connectivity index (χ1n) is 4.14. The molecule has 0 spiro atoms. The van der Waals surface area contributed by atoms with Gasteiger partial charge < -0.3 is 5.11 Å². The zero-order valence-corrected chi connectivity index (χ0v) is 7.38. The first-order valence-corrected chi connectivity index (χ1v) is 4.14. The molecule has 1 atom stereocenters. The lowest BCUT2D eigenvalue weighted by Crippen LogP contribution is -2.28. The number of nitrogens with zero attached hydrogens (tertiary/aromatic N) is 1. The molecular formula is C9H6F3NO2. The molecule has 0 saturated heterocycles. The number of halogens is 3. The van der Waals surface area contributed by atoms with Gasteiger partial charge in [-0.1, -0.05) is 6.07 Å². The second-order valence-corrected chi connectivity index (χ2v) is 3.43. The third kappa shape index (κ3) is 1.14. The molecule has 2 rings (SSSR count). The summed E-state index contributed by atoms with van der Waals surface area (Å²) in [5.41, 5.74) is -2.98. The van der Waals surface area contributed by atoms with Crippen LogP contribution in [0, 0.1) is 5.95 Å². The molecule has 1 aliphatic rings. The summed E-state index contributed by atoms with van der Waals surface area (Å²) in [4.78, 5) is 13.9. The third-order valence-electron chi connectivity index (χ3n) is 2.57. The second kappa shape index (κ2) is 2.71. The molecule has 0 radical (unpaired) electrons. The van der Waals surface area contributed by atoms with E-state index in [4.69, 9.17) is 5.11 Å². The molecule has 1 aliphatic carbocycles. The van der Waals surface area contributed by atoms with Crippen molar-refractivity contribution in [1.82, 2.24) is 4.98 Å². The van der Waals surface area contributed by atoms with Gasteiger partial charge in [0.15, 0.2) is 5.41 Å². The maximum Gasteiger partial charge on any atom is 0.320 e. The van der Waals surface area contributed by atoms with Gasteiger partial charge in [-0.3, -0.25) is 4.79 Å². The average molecular weight is 217 g/mol. The van der Waals surface area contributed by atoms with Crippen LogP contribution in [0.5, 0.6) is 0 Å². The molecule has 15 heavy (non-hydrogen) atoms. The average Bonchev–Trinajstić information content (AvgIpc) is 2.71. The van der Waals surface area contributed by atoms with E-state index in [-0.39, 0.29) is 0 Å². The van der Waals surface area contributed by atoms with Crippen LogP contribution in [0.15, 0.2) is 18.3 Å². The molecule has 1 aromatic heterocycles. The van der Waals surface area contributed by atoms with E-state index in [1.807, 2.05) is 0 Å². The fourth-order valence-corrected chi connectivity index (χ4v) is 1.63. The van der Waals surface area contributed by atoms with Crippen molar-refractivity contribution in [3.05, 3.63) is 29.8 Å². The van der Waals surface area contributed by atoms with Crippen molar-refractivity contribution < 1.29 is 23.1 Å². The maximum absolute atomic E-state index is 13.1. The van der Waals surface area contributed by atoms with Gasteiger partial charge in [-0.05, 0) is 6.07 Å². The number of alkyl halides is 2. The quantitative estimate of drug-likeness (QED) is 0.765. The minimum atomic E-state index is -3.40. The van der Waals surface area contributed by atoms with Crippen molar-refractivity contribution in [2.75, 3.05) is 0 Å². The molecule has 0 aromatic carbocycles. The molecule has 80 valence electrons. The normalized spacial score (nSPS) is 27.4. The number of carbonyl (C=O) groups is 1. The van der Waals surface area contributed by atoms with Crippen molar-refractivity contribution in [3.8, 4) is 0 Å². The van der Waals surface area contributed by atoms with Crippen molar-refractivity contribution in [2.24, 2.45) is 0 Å². The Bertz CT molecular complexity index is 435. The molecule has 0 bridgehead atoms. The number of aliphatic carboxylic acids is 1. The Kier molecular flexibility index (Phi) is 1.80. The monoisotopic (exact) mass is 217 g/mol. The third-order valence-corrected chi connectivity index (χ3v) is 2.57. The number of hydrogen-bond donors (Lipinski definition) is 1. The van der Waals surface area contributed by atoms with E-state index in [9.17, 15) is 18.0 Å². The highest BCUT2D eigenvalue weighted by molar-refractivity contribution is 5.87. The highest BCUT2D eigenvalue weighted by Gasteiger charge is 2.78. The lowest BCUT2D eigenvalue weighted by molar-refractivity contribution is -0.143. The fourth-order valence-electron chi connectivity index (χ4n) is 1.63. The van der Waals surface area contributed by atoms with Gasteiger partial charge in [0, 0.05) is 18.2 Å². The van der Waals surface area contributed by atoms with Crippen LogP contribution < -0.4 is 0 Å². The zero-order valence-electron chi connectivity index (χ0n) is 7.38. The number of aromatic nitrogens is 1. The Hall–Kier alpha value is -1.59. The van der Waals surface area contributed by atoms with Gasteiger partial charge in [0.05, 0.1) is 0 Å². The molecule has 1 heterocycles. The van der Waals surface area contributed by atoms with Crippen molar-refractivity contribution in [2.45, 2.75) is 17.8 Å². The predicted octanol–water partition coefficient (Wildman–Crippen LogP) is 1.58. The van der Waals surface area contributed by atoms with E-state index in [1.54, 1.807) is 0 Å². The second-order valence-electron chi connectivity index (χ2n) is 3.43. The first kappa shape index (κ1) is 9.95. The van der Waals surface area contributed by atoms with Crippen LogP contribution in [-0.4, -0.2) is 22.0 Å². The zero-order chi connectivity index (χ0) is 11.3. The lowest BCUT2D eigenvalue weighted by atomic mass is 9.97. The summed E-state index contributed by atoms with van der Waals surface area (Å²) in [5.74, 6) is -6.28. The van der Waals surface area contributed by atoms with Gasteiger partial charge in [-0.15, -0.1) is 0 Å². The number of rotatable bonds is 2. The van der Waals surface area contributed by atoms with Gasteiger partial charge in [0.25, 0.3) is 5.92 Å². The highest BCUT2D eigenvalue weighted by Crippen LogP contribution is 2.61. The fraction of sp³-hybridized carbons (Fsp3) is 0.333. The van der Waals surface area contributed by atoms with Crippen molar-refractivity contribution >= 4 is 5.97 Å². The summed E-state index contributed by atoms with van der Waals surface area (Å²) in [5, 5.41) is 8.74. The van der Waals surface area contributed by atoms with Gasteiger partial charge in [-0.25, -0.2) is 13.8 Å². The minimum Gasteiger partial charge on any atom is -0.480 e. The summed E-state index contributed by atoms with van der Waals surface area (Å²) >= 11 is 0. The van der Waals surface area contributed by atoms with E-state index < -0.39 is 35.2 Å². The summed E-state index contributed by atoms with van der Waals surface area (Å²) in [6.07, 6.45) is 0.201. The number of hydrogen-bond acceptors (Lipinski definition) is 2. The van der Waals surface area contributed by atoms with Crippen LogP contribution in [0.1, 0.15) is 12.0 Å². The Morgan fingerprint density at radius 1 is 1.53 bits per heavy atom. The van der Waals surface area contributed by atoms with Crippen molar-refractivity contribution in [1.29, 1.82) is 0 Å². The van der Waals surface area contributed by atoms with Gasteiger partial charge in [-0.2, -0.15) is 4.39 Å². The van der Waals surface area contributed by atoms with Gasteiger partial charge in [0.1, 0.15) is 0 Å². The molecule has 1 saturated carbocycles. The Morgan fingerprint density at radius 2 is 2.13 bits per heavy atom. The molecular weight excluding hydrogens is 211 g/mol. The minimum absolute atomic E-state index is 0.553. The molecule has 6 heteroatoms. The SMILES string of the molecule is O=C(O)C1(c2cccnc2F)CC1(F)F. The van der Waals surface area contributed by atoms with E-state index >= 15 is 0 Å². The van der Waals surface area contributed by atoms with Crippen LogP contribution >= 0.6 is 0 Å². The van der Waals surface area contributed by atoms with Crippen LogP contribution in [0.25, 0.3) is 0 Å². The maximum atomic E-state index is 13.1. The largest absolute Gasteiger partial charge is 0.480 e. The number of pyridine rings is 1. The van der Waals surface area contributed by atoms with E-state index in [0.29, 0.717) is 0 Å². The van der Waals surface area contributed by atoms with Crippen LogP contribution in [0.4, 0.5) is 13.2 Å². The summed E-state index contributed by atoms with van der Waals surface area (Å²) in [6.45, 7) is 0. The number of carboxylic acids is 1. The van der Waals surface area contributed by atoms with E-state index in [1.165, 1.54) is 6.07 Å². The molecule has 1 fully saturated rings. The Morgan fingerprint density at radius 3 is 2.53 bits per heavy atom. The van der Waals surface area contributed by atoms with E-state index in [0.717, 1.165) is 12.3 Å². The highest BCUT2D eigenvalue weighted by atomic mass is 19.3.